The molecule has 1 amide bonds. The molecule has 142 valence electrons. The lowest BCUT2D eigenvalue weighted by Gasteiger charge is -2.20. The molecule has 4 rings (SSSR count). The Morgan fingerprint density at radius 1 is 0.857 bits per heavy atom. The predicted molar refractivity (Wildman–Crippen MR) is 110 cm³/mol. The van der Waals surface area contributed by atoms with Crippen LogP contribution >= 0.6 is 0 Å². The average molecular weight is 373 g/mol. The molecule has 0 bridgehead atoms. The molecule has 1 N–H and O–H groups in total. The summed E-state index contributed by atoms with van der Waals surface area (Å²) in [6.45, 7) is 2.11. The lowest BCUT2D eigenvalue weighted by Crippen LogP contribution is -2.25. The monoisotopic (exact) mass is 373 g/mol. The molecule has 1 aliphatic heterocycles. The average Bonchev–Trinajstić information content (AvgIpc) is 3.05. The van der Waals surface area contributed by atoms with Crippen LogP contribution in [0.2, 0.25) is 0 Å². The van der Waals surface area contributed by atoms with Gasteiger partial charge in [-0.05, 0) is 49.2 Å². The highest BCUT2D eigenvalue weighted by Crippen LogP contribution is 2.22. The molecule has 6 heteroatoms. The zero-order valence-electron chi connectivity index (χ0n) is 15.7. The number of anilines is 2. The van der Waals surface area contributed by atoms with Crippen LogP contribution < -0.4 is 10.2 Å². The van der Waals surface area contributed by atoms with Gasteiger partial charge >= 0.3 is 0 Å². The molecular weight excluding hydrogens is 350 g/mol. The van der Waals surface area contributed by atoms with Crippen LogP contribution in [0.25, 0.3) is 11.3 Å². The second-order valence-corrected chi connectivity index (χ2v) is 6.92. The summed E-state index contributed by atoms with van der Waals surface area (Å²) in [7, 11) is 0. The van der Waals surface area contributed by atoms with Crippen molar-refractivity contribution in [1.82, 2.24) is 15.2 Å². The highest BCUT2D eigenvalue weighted by atomic mass is 16.1. The standard InChI is InChI=1S/C22H23N5O/c28-22(20-7-3-4-14-23-20)24-18-10-8-17(9-11-18)19-12-13-21(26-25-19)27-15-5-1-2-6-16-27/h3-4,7-14H,1-2,5-6,15-16H2,(H,24,28). The first-order chi connectivity index (χ1) is 13.8. The first-order valence-corrected chi connectivity index (χ1v) is 9.71. The number of nitrogens with one attached hydrogen (secondary N) is 1. The van der Waals surface area contributed by atoms with Crippen molar-refractivity contribution in [2.24, 2.45) is 0 Å². The van der Waals surface area contributed by atoms with Gasteiger partial charge in [-0.2, -0.15) is 0 Å². The van der Waals surface area contributed by atoms with Crippen molar-refractivity contribution in [1.29, 1.82) is 0 Å². The van der Waals surface area contributed by atoms with Gasteiger partial charge in [-0.25, -0.2) is 0 Å². The number of rotatable bonds is 4. The number of benzene rings is 1. The lowest BCUT2D eigenvalue weighted by molar-refractivity contribution is 0.102. The molecule has 1 aromatic carbocycles. The number of carbonyl (C=O) groups excluding carboxylic acids is 1. The van der Waals surface area contributed by atoms with E-state index in [0.29, 0.717) is 11.4 Å². The van der Waals surface area contributed by atoms with Gasteiger partial charge in [-0.15, -0.1) is 10.2 Å². The topological polar surface area (TPSA) is 71.0 Å². The molecule has 1 saturated heterocycles. The van der Waals surface area contributed by atoms with E-state index in [1.54, 1.807) is 24.4 Å². The summed E-state index contributed by atoms with van der Waals surface area (Å²) in [5.74, 6) is 0.722. The van der Waals surface area contributed by atoms with Crippen LogP contribution in [0.4, 0.5) is 11.5 Å². The number of carbonyl (C=O) groups is 1. The van der Waals surface area contributed by atoms with E-state index in [9.17, 15) is 4.79 Å². The quantitative estimate of drug-likeness (QED) is 0.743. The molecule has 6 nitrogen and oxygen atoms in total. The zero-order chi connectivity index (χ0) is 19.2. The van der Waals surface area contributed by atoms with Crippen molar-refractivity contribution in [2.75, 3.05) is 23.3 Å². The fourth-order valence-corrected chi connectivity index (χ4v) is 3.36. The fraction of sp³-hybridized carbons (Fsp3) is 0.273. The van der Waals surface area contributed by atoms with Gasteiger partial charge in [0.2, 0.25) is 0 Å². The van der Waals surface area contributed by atoms with Crippen LogP contribution in [0.15, 0.2) is 60.8 Å². The zero-order valence-corrected chi connectivity index (χ0v) is 15.7. The molecule has 3 aromatic rings. The third-order valence-electron chi connectivity index (χ3n) is 4.92. The Bertz CT molecular complexity index is 902. The van der Waals surface area contributed by atoms with E-state index in [1.165, 1.54) is 25.7 Å². The van der Waals surface area contributed by atoms with E-state index in [1.807, 2.05) is 36.4 Å². The van der Waals surface area contributed by atoms with Gasteiger partial charge in [0.05, 0.1) is 5.69 Å². The summed E-state index contributed by atoms with van der Waals surface area (Å²) < 4.78 is 0. The van der Waals surface area contributed by atoms with Gasteiger partial charge in [0.1, 0.15) is 5.69 Å². The molecule has 28 heavy (non-hydrogen) atoms. The Labute approximate surface area is 164 Å². The smallest absolute Gasteiger partial charge is 0.274 e. The van der Waals surface area contributed by atoms with Crippen molar-refractivity contribution < 1.29 is 4.79 Å². The summed E-state index contributed by atoms with van der Waals surface area (Å²) in [6.07, 6.45) is 6.63. The molecule has 0 spiro atoms. The van der Waals surface area contributed by atoms with Gasteiger partial charge in [0.15, 0.2) is 5.82 Å². The molecule has 0 unspecified atom stereocenters. The molecule has 3 heterocycles. The maximum absolute atomic E-state index is 12.2. The van der Waals surface area contributed by atoms with E-state index in [2.05, 4.69) is 25.4 Å². The number of amides is 1. The van der Waals surface area contributed by atoms with E-state index in [-0.39, 0.29) is 5.91 Å². The second-order valence-electron chi connectivity index (χ2n) is 6.92. The van der Waals surface area contributed by atoms with Crippen LogP contribution in [0, 0.1) is 0 Å². The SMILES string of the molecule is O=C(Nc1ccc(-c2ccc(N3CCCCCC3)nn2)cc1)c1ccccn1. The molecule has 0 saturated carbocycles. The van der Waals surface area contributed by atoms with Crippen LogP contribution in [0.1, 0.15) is 36.2 Å². The number of pyridine rings is 1. The van der Waals surface area contributed by atoms with Crippen molar-refractivity contribution in [3.05, 3.63) is 66.5 Å². The van der Waals surface area contributed by atoms with Crippen LogP contribution in [0.5, 0.6) is 0 Å². The molecule has 0 atom stereocenters. The number of hydrogen-bond donors (Lipinski definition) is 1. The normalized spacial score (nSPS) is 14.4. The Kier molecular flexibility index (Phi) is 5.56. The Hall–Kier alpha value is -3.28. The van der Waals surface area contributed by atoms with Gasteiger partial charge < -0.3 is 10.2 Å². The van der Waals surface area contributed by atoms with Gasteiger partial charge in [-0.3, -0.25) is 9.78 Å². The fourth-order valence-electron chi connectivity index (χ4n) is 3.36. The minimum atomic E-state index is -0.227. The van der Waals surface area contributed by atoms with E-state index >= 15 is 0 Å². The second kappa shape index (κ2) is 8.61. The van der Waals surface area contributed by atoms with Gasteiger partial charge in [0, 0.05) is 30.5 Å². The Morgan fingerprint density at radius 2 is 1.64 bits per heavy atom. The Balaban J connectivity index is 1.43. The highest BCUT2D eigenvalue weighted by molar-refractivity contribution is 6.02. The van der Waals surface area contributed by atoms with Crippen LogP contribution in [-0.4, -0.2) is 34.2 Å². The number of hydrogen-bond acceptors (Lipinski definition) is 5. The van der Waals surface area contributed by atoms with Crippen molar-refractivity contribution >= 4 is 17.4 Å². The third kappa shape index (κ3) is 4.34. The number of aromatic nitrogens is 3. The first kappa shape index (κ1) is 18.1. The van der Waals surface area contributed by atoms with Gasteiger partial charge in [-0.1, -0.05) is 31.0 Å². The minimum Gasteiger partial charge on any atom is -0.355 e. The minimum absolute atomic E-state index is 0.227. The van der Waals surface area contributed by atoms with Crippen LogP contribution in [0.3, 0.4) is 0 Å². The van der Waals surface area contributed by atoms with Crippen molar-refractivity contribution in [3.8, 4) is 11.3 Å². The number of nitrogens with zero attached hydrogens (tertiary/aromatic N) is 4. The largest absolute Gasteiger partial charge is 0.355 e. The Morgan fingerprint density at radius 3 is 2.29 bits per heavy atom. The first-order valence-electron chi connectivity index (χ1n) is 9.71. The summed E-state index contributed by atoms with van der Waals surface area (Å²) in [6, 6.07) is 16.9. The summed E-state index contributed by atoms with van der Waals surface area (Å²) in [5, 5.41) is 11.7. The van der Waals surface area contributed by atoms with Crippen molar-refractivity contribution in [2.45, 2.75) is 25.7 Å². The molecule has 1 aliphatic rings. The van der Waals surface area contributed by atoms with Gasteiger partial charge in [0.25, 0.3) is 5.91 Å². The van der Waals surface area contributed by atoms with E-state index in [4.69, 9.17) is 0 Å². The highest BCUT2D eigenvalue weighted by Gasteiger charge is 2.12. The van der Waals surface area contributed by atoms with Crippen molar-refractivity contribution in [3.63, 3.8) is 0 Å². The maximum atomic E-state index is 12.2. The van der Waals surface area contributed by atoms with Crippen LogP contribution in [-0.2, 0) is 0 Å². The maximum Gasteiger partial charge on any atom is 0.274 e. The molecule has 0 aliphatic carbocycles. The molecule has 1 fully saturated rings. The third-order valence-corrected chi connectivity index (χ3v) is 4.92. The lowest BCUT2D eigenvalue weighted by atomic mass is 10.1. The molecule has 0 radical (unpaired) electrons. The summed E-state index contributed by atoms with van der Waals surface area (Å²) >= 11 is 0. The molecular formula is C22H23N5O. The predicted octanol–water partition coefficient (Wildman–Crippen LogP) is 4.17. The summed E-state index contributed by atoms with van der Waals surface area (Å²) in [5.41, 5.74) is 2.89. The van der Waals surface area contributed by atoms with E-state index < -0.39 is 0 Å². The van der Waals surface area contributed by atoms with E-state index in [0.717, 1.165) is 30.2 Å². The summed E-state index contributed by atoms with van der Waals surface area (Å²) in [4.78, 5) is 18.6. The molecule has 2 aromatic heterocycles.